The highest BCUT2D eigenvalue weighted by molar-refractivity contribution is 7.89. The first-order chi connectivity index (χ1) is 14.7. The van der Waals surface area contributed by atoms with Crippen LogP contribution in [0.15, 0.2) is 59.6 Å². The van der Waals surface area contributed by atoms with Crippen molar-refractivity contribution in [2.24, 2.45) is 5.14 Å². The molecule has 0 radical (unpaired) electrons. The van der Waals surface area contributed by atoms with E-state index in [1.165, 1.54) is 18.3 Å². The fourth-order valence-electron chi connectivity index (χ4n) is 3.40. The Morgan fingerprint density at radius 3 is 2.52 bits per heavy atom. The molecule has 1 saturated heterocycles. The lowest BCUT2D eigenvalue weighted by atomic mass is 9.97. The summed E-state index contributed by atoms with van der Waals surface area (Å²) in [4.78, 5) is 22.1. The van der Waals surface area contributed by atoms with Gasteiger partial charge >= 0.3 is 0 Å². The van der Waals surface area contributed by atoms with Crippen LogP contribution in [0.1, 0.15) is 17.9 Å². The van der Waals surface area contributed by atoms with Crippen molar-refractivity contribution in [3.63, 3.8) is 0 Å². The van der Waals surface area contributed by atoms with E-state index in [0.717, 1.165) is 5.56 Å². The van der Waals surface area contributed by atoms with Crippen molar-refractivity contribution < 1.29 is 17.9 Å². The summed E-state index contributed by atoms with van der Waals surface area (Å²) in [7, 11) is -3.81. The average Bonchev–Trinajstić information content (AvgIpc) is 3.09. The molecule has 8 nitrogen and oxygen atoms in total. The van der Waals surface area contributed by atoms with Gasteiger partial charge in [-0.15, -0.1) is 0 Å². The number of ether oxygens (including phenoxy) is 1. The largest absolute Gasteiger partial charge is 0.439 e. The van der Waals surface area contributed by atoms with Gasteiger partial charge in [-0.1, -0.05) is 17.7 Å². The molecule has 1 aliphatic rings. The lowest BCUT2D eigenvalue weighted by Gasteiger charge is -2.19. The third kappa shape index (κ3) is 4.80. The van der Waals surface area contributed by atoms with Crippen molar-refractivity contribution in [3.05, 3.63) is 70.6 Å². The summed E-state index contributed by atoms with van der Waals surface area (Å²) >= 11 is 12.0. The minimum atomic E-state index is -3.81. The van der Waals surface area contributed by atoms with Gasteiger partial charge in [-0.3, -0.25) is 4.79 Å². The predicted molar refractivity (Wildman–Crippen MR) is 116 cm³/mol. The fourth-order valence-corrected chi connectivity index (χ4v) is 4.22. The lowest BCUT2D eigenvalue weighted by Crippen LogP contribution is -2.24. The van der Waals surface area contributed by atoms with Crippen LogP contribution in [0.2, 0.25) is 10.3 Å². The third-order valence-corrected chi connectivity index (χ3v) is 6.18. The van der Waals surface area contributed by atoms with Crippen molar-refractivity contribution in [1.29, 1.82) is 0 Å². The second-order valence-electron chi connectivity index (χ2n) is 6.89. The van der Waals surface area contributed by atoms with Crippen LogP contribution in [-0.4, -0.2) is 30.8 Å². The summed E-state index contributed by atoms with van der Waals surface area (Å²) in [5.74, 6) is 0.448. The predicted octanol–water partition coefficient (Wildman–Crippen LogP) is 3.74. The molecule has 1 amide bonds. The summed E-state index contributed by atoms with van der Waals surface area (Å²) in [6.45, 7) is 0.385. The van der Waals surface area contributed by atoms with Crippen molar-refractivity contribution >= 4 is 44.8 Å². The van der Waals surface area contributed by atoms with Gasteiger partial charge in [0.1, 0.15) is 5.75 Å². The minimum absolute atomic E-state index is 0.0173. The Balaban J connectivity index is 1.60. The Morgan fingerprint density at radius 1 is 1.10 bits per heavy atom. The van der Waals surface area contributed by atoms with Crippen LogP contribution in [0.25, 0.3) is 0 Å². The second-order valence-corrected chi connectivity index (χ2v) is 9.23. The molecule has 0 saturated carbocycles. The zero-order valence-corrected chi connectivity index (χ0v) is 18.2. The molecule has 3 aromatic rings. The van der Waals surface area contributed by atoms with Gasteiger partial charge in [0.15, 0.2) is 0 Å². The van der Waals surface area contributed by atoms with Gasteiger partial charge in [0.2, 0.25) is 27.1 Å². The molecule has 11 heteroatoms. The third-order valence-electron chi connectivity index (χ3n) is 4.83. The quantitative estimate of drug-likeness (QED) is 0.558. The Kier molecular flexibility index (Phi) is 5.85. The van der Waals surface area contributed by atoms with E-state index < -0.39 is 10.0 Å². The van der Waals surface area contributed by atoms with E-state index >= 15 is 0 Å². The van der Waals surface area contributed by atoms with Gasteiger partial charge < -0.3 is 9.64 Å². The zero-order chi connectivity index (χ0) is 22.2. The molecule has 31 heavy (non-hydrogen) atoms. The van der Waals surface area contributed by atoms with E-state index in [2.05, 4.69) is 9.97 Å². The van der Waals surface area contributed by atoms with Crippen molar-refractivity contribution in [3.8, 4) is 11.6 Å². The number of nitrogens with two attached hydrogens (primary N) is 1. The van der Waals surface area contributed by atoms with E-state index in [4.69, 9.17) is 33.1 Å². The maximum absolute atomic E-state index is 12.7. The van der Waals surface area contributed by atoms with Crippen LogP contribution in [-0.2, 0) is 14.8 Å². The molecule has 2 aromatic carbocycles. The maximum Gasteiger partial charge on any atom is 0.238 e. The summed E-state index contributed by atoms with van der Waals surface area (Å²) in [5, 5.41) is 5.66. The second kappa shape index (κ2) is 8.43. The number of benzene rings is 2. The smallest absolute Gasteiger partial charge is 0.238 e. The topological polar surface area (TPSA) is 115 Å². The highest BCUT2D eigenvalue weighted by Gasteiger charge is 2.33. The highest BCUT2D eigenvalue weighted by Crippen LogP contribution is 2.39. The molecule has 1 aromatic heterocycles. The van der Waals surface area contributed by atoms with Crippen LogP contribution in [0.3, 0.4) is 0 Å². The van der Waals surface area contributed by atoms with Crippen LogP contribution in [0.4, 0.5) is 5.69 Å². The van der Waals surface area contributed by atoms with Crippen molar-refractivity contribution in [2.45, 2.75) is 17.2 Å². The first-order valence-electron chi connectivity index (χ1n) is 9.10. The molecule has 0 bridgehead atoms. The van der Waals surface area contributed by atoms with Gasteiger partial charge in [0.05, 0.1) is 4.90 Å². The molecule has 0 spiro atoms. The number of nitrogens with zero attached hydrogens (tertiary/aromatic N) is 3. The molecule has 0 aliphatic carbocycles. The summed E-state index contributed by atoms with van der Waals surface area (Å²) in [6, 6.07) is 12.6. The average molecular weight is 479 g/mol. The Labute approximate surface area is 188 Å². The first kappa shape index (κ1) is 21.5. The number of amides is 1. The summed E-state index contributed by atoms with van der Waals surface area (Å²) in [5.41, 5.74) is 1.37. The molecule has 1 atom stereocenters. The molecule has 160 valence electrons. The van der Waals surface area contributed by atoms with Crippen LogP contribution in [0, 0.1) is 0 Å². The number of rotatable bonds is 5. The Morgan fingerprint density at radius 2 is 1.84 bits per heavy atom. The molecule has 0 unspecified atom stereocenters. The number of sulfonamides is 1. The lowest BCUT2D eigenvalue weighted by molar-refractivity contribution is -0.117. The van der Waals surface area contributed by atoms with E-state index in [1.807, 2.05) is 6.07 Å². The normalized spacial score (nSPS) is 16.5. The highest BCUT2D eigenvalue weighted by atomic mass is 35.5. The van der Waals surface area contributed by atoms with Gasteiger partial charge in [0, 0.05) is 47.4 Å². The van der Waals surface area contributed by atoms with Gasteiger partial charge in [0.25, 0.3) is 0 Å². The van der Waals surface area contributed by atoms with Gasteiger partial charge in [-0.05, 0) is 48.0 Å². The number of aromatic nitrogens is 2. The van der Waals surface area contributed by atoms with Crippen LogP contribution in [0.5, 0.6) is 11.6 Å². The summed E-state index contributed by atoms with van der Waals surface area (Å²) in [6.07, 6.45) is 1.72. The first-order valence-corrected chi connectivity index (χ1v) is 11.4. The maximum atomic E-state index is 12.7. The molecule has 2 heterocycles. The molecule has 2 N–H and O–H groups in total. The minimum Gasteiger partial charge on any atom is -0.439 e. The number of halogens is 2. The number of hydrogen-bond donors (Lipinski definition) is 1. The molecule has 1 fully saturated rings. The standard InChI is InChI=1S/C20H16Cl2N4O4S/c21-13-1-6-16(17(10-13)30-18-7-8-24-20(22)25-18)12-9-19(27)26(11-12)14-2-4-15(5-3-14)31(23,28)29/h1-8,10,12H,9,11H2,(H2,23,28,29)/t12-/m0/s1. The van der Waals surface area contributed by atoms with E-state index in [-0.39, 0.29) is 34.3 Å². The Bertz CT molecular complexity index is 1250. The number of hydrogen-bond acceptors (Lipinski definition) is 6. The van der Waals surface area contributed by atoms with E-state index in [1.54, 1.807) is 35.2 Å². The zero-order valence-electron chi connectivity index (χ0n) is 15.9. The monoisotopic (exact) mass is 478 g/mol. The van der Waals surface area contributed by atoms with E-state index in [9.17, 15) is 13.2 Å². The SMILES string of the molecule is NS(=O)(=O)c1ccc(N2C[C@@H](c3ccc(Cl)cc3Oc3ccnc(Cl)n3)CC2=O)cc1. The number of carbonyl (C=O) groups is 1. The number of primary sulfonamides is 1. The van der Waals surface area contributed by atoms with Crippen molar-refractivity contribution in [2.75, 3.05) is 11.4 Å². The van der Waals surface area contributed by atoms with Gasteiger partial charge in [-0.2, -0.15) is 4.98 Å². The summed E-state index contributed by atoms with van der Waals surface area (Å²) < 4.78 is 28.8. The number of carbonyl (C=O) groups excluding carboxylic acids is 1. The molecular weight excluding hydrogens is 463 g/mol. The molecule has 4 rings (SSSR count). The van der Waals surface area contributed by atoms with Crippen LogP contribution < -0.4 is 14.8 Å². The fraction of sp³-hybridized carbons (Fsp3) is 0.150. The molecule has 1 aliphatic heterocycles. The number of anilines is 1. The Hall–Kier alpha value is -2.72. The molecular formula is C20H16Cl2N4O4S. The van der Waals surface area contributed by atoms with Crippen LogP contribution >= 0.6 is 23.2 Å². The van der Waals surface area contributed by atoms with E-state index in [0.29, 0.717) is 23.0 Å². The van der Waals surface area contributed by atoms with Crippen molar-refractivity contribution in [1.82, 2.24) is 9.97 Å². The van der Waals surface area contributed by atoms with Gasteiger partial charge in [-0.25, -0.2) is 18.5 Å².